The highest BCUT2D eigenvalue weighted by molar-refractivity contribution is 7.86. The quantitative estimate of drug-likeness (QED) is 0.466. The normalized spacial score (nSPS) is 11.6. The first-order chi connectivity index (χ1) is 7.59. The molecule has 0 unspecified atom stereocenters. The van der Waals surface area contributed by atoms with Gasteiger partial charge in [0.1, 0.15) is 0 Å². The van der Waals surface area contributed by atoms with Crippen LogP contribution in [0.5, 0.6) is 0 Å². The van der Waals surface area contributed by atoms with Gasteiger partial charge in [-0.3, -0.25) is 4.55 Å². The molecule has 1 rings (SSSR count). The number of nitrogen functional groups attached to an aromatic ring is 1. The van der Waals surface area contributed by atoms with Gasteiger partial charge in [-0.25, -0.2) is 0 Å². The molecular weight excluding hydrogens is 259 g/mol. The van der Waals surface area contributed by atoms with Crippen LogP contribution in [0.1, 0.15) is 12.5 Å². The van der Waals surface area contributed by atoms with Crippen LogP contribution in [0.15, 0.2) is 24.3 Å². The highest BCUT2D eigenvalue weighted by Gasteiger charge is 2.44. The lowest BCUT2D eigenvalue weighted by atomic mass is 10.1. The second-order valence-corrected chi connectivity index (χ2v) is 4.39. The third kappa shape index (κ3) is 5.55. The molecule has 0 radical (unpaired) electrons. The summed E-state index contributed by atoms with van der Waals surface area (Å²) in [5.74, 6) is 0. The molecule has 8 heteroatoms. The molecule has 0 amide bonds. The maximum Gasteiger partial charge on any atom is 0.522 e. The van der Waals surface area contributed by atoms with Gasteiger partial charge in [-0.15, -0.1) is 0 Å². The van der Waals surface area contributed by atoms with Gasteiger partial charge in [-0.1, -0.05) is 25.1 Å². The molecular formula is C9H12F3NO3S. The zero-order valence-electron chi connectivity index (χ0n) is 8.90. The number of halogens is 3. The predicted molar refractivity (Wildman–Crippen MR) is 57.8 cm³/mol. The van der Waals surface area contributed by atoms with Gasteiger partial charge in [0.15, 0.2) is 0 Å². The number of rotatable bonds is 1. The molecule has 0 aliphatic heterocycles. The van der Waals surface area contributed by atoms with Crippen LogP contribution in [0, 0.1) is 0 Å². The average molecular weight is 271 g/mol. The smallest absolute Gasteiger partial charge is 0.399 e. The van der Waals surface area contributed by atoms with Crippen LogP contribution in [0.25, 0.3) is 0 Å². The van der Waals surface area contributed by atoms with E-state index >= 15 is 0 Å². The number of para-hydroxylation sites is 1. The van der Waals surface area contributed by atoms with Gasteiger partial charge in [0.2, 0.25) is 0 Å². The Labute approximate surface area is 97.0 Å². The first-order valence-electron chi connectivity index (χ1n) is 4.46. The van der Waals surface area contributed by atoms with Crippen molar-refractivity contribution in [2.75, 3.05) is 5.73 Å². The molecule has 4 nitrogen and oxygen atoms in total. The van der Waals surface area contributed by atoms with Crippen LogP contribution in [0.2, 0.25) is 0 Å². The molecule has 0 spiro atoms. The van der Waals surface area contributed by atoms with E-state index in [-0.39, 0.29) is 0 Å². The fourth-order valence-corrected chi connectivity index (χ4v) is 0.856. The number of nitrogens with two attached hydrogens (primary N) is 1. The predicted octanol–water partition coefficient (Wildman–Crippen LogP) is 2.23. The van der Waals surface area contributed by atoms with Gasteiger partial charge in [-0.2, -0.15) is 21.6 Å². The van der Waals surface area contributed by atoms with Crippen LogP contribution < -0.4 is 5.73 Å². The SMILES string of the molecule is CCc1ccccc1N.O=S(=O)(O)C(F)(F)F. The van der Waals surface area contributed by atoms with E-state index in [4.69, 9.17) is 18.7 Å². The van der Waals surface area contributed by atoms with Crippen LogP contribution in [-0.2, 0) is 16.5 Å². The van der Waals surface area contributed by atoms with E-state index in [0.717, 1.165) is 12.1 Å². The number of benzene rings is 1. The monoisotopic (exact) mass is 271 g/mol. The zero-order valence-corrected chi connectivity index (χ0v) is 9.72. The average Bonchev–Trinajstić information content (AvgIpc) is 2.16. The Morgan fingerprint density at radius 1 is 1.29 bits per heavy atom. The van der Waals surface area contributed by atoms with E-state index in [1.807, 2.05) is 18.2 Å². The molecule has 0 atom stereocenters. The molecule has 0 fully saturated rings. The van der Waals surface area contributed by atoms with Gasteiger partial charge in [-0.05, 0) is 18.1 Å². The molecule has 17 heavy (non-hydrogen) atoms. The van der Waals surface area contributed by atoms with Crippen molar-refractivity contribution >= 4 is 15.8 Å². The molecule has 0 saturated heterocycles. The molecule has 0 aromatic heterocycles. The van der Waals surface area contributed by atoms with Crippen molar-refractivity contribution in [1.82, 2.24) is 0 Å². The molecule has 0 aliphatic rings. The van der Waals surface area contributed by atoms with E-state index in [0.29, 0.717) is 0 Å². The topological polar surface area (TPSA) is 80.4 Å². The lowest BCUT2D eigenvalue weighted by Crippen LogP contribution is -2.21. The first-order valence-corrected chi connectivity index (χ1v) is 5.90. The van der Waals surface area contributed by atoms with E-state index in [1.165, 1.54) is 5.56 Å². The summed E-state index contributed by atoms with van der Waals surface area (Å²) < 4.78 is 57.5. The van der Waals surface area contributed by atoms with E-state index in [9.17, 15) is 13.2 Å². The lowest BCUT2D eigenvalue weighted by molar-refractivity contribution is -0.0510. The zero-order chi connectivity index (χ0) is 13.7. The van der Waals surface area contributed by atoms with Crippen molar-refractivity contribution in [3.05, 3.63) is 29.8 Å². The maximum absolute atomic E-state index is 10.7. The van der Waals surface area contributed by atoms with Crippen molar-refractivity contribution in [3.8, 4) is 0 Å². The minimum absolute atomic E-state index is 0.903. The Morgan fingerprint density at radius 3 is 1.94 bits per heavy atom. The van der Waals surface area contributed by atoms with Crippen LogP contribution in [-0.4, -0.2) is 18.5 Å². The molecule has 3 N–H and O–H groups in total. The highest BCUT2D eigenvalue weighted by Crippen LogP contribution is 2.20. The number of hydrogen-bond donors (Lipinski definition) is 2. The summed E-state index contributed by atoms with van der Waals surface area (Å²) in [5.41, 5.74) is 2.23. The van der Waals surface area contributed by atoms with E-state index in [1.54, 1.807) is 0 Å². The summed E-state index contributed by atoms with van der Waals surface area (Å²) in [6, 6.07) is 7.94. The lowest BCUT2D eigenvalue weighted by Gasteiger charge is -1.98. The number of alkyl halides is 3. The highest BCUT2D eigenvalue weighted by atomic mass is 32.2. The molecule has 0 bridgehead atoms. The molecule has 1 aromatic carbocycles. The van der Waals surface area contributed by atoms with Crippen molar-refractivity contribution in [3.63, 3.8) is 0 Å². The Morgan fingerprint density at radius 2 is 1.71 bits per heavy atom. The molecule has 0 aliphatic carbocycles. The third-order valence-corrected chi connectivity index (χ3v) is 2.31. The summed E-state index contributed by atoms with van der Waals surface area (Å²) in [4.78, 5) is 0. The van der Waals surface area contributed by atoms with Gasteiger partial charge in [0.05, 0.1) is 0 Å². The summed E-state index contributed by atoms with van der Waals surface area (Å²) >= 11 is 0. The Balaban J connectivity index is 0.000000304. The van der Waals surface area contributed by atoms with Crippen LogP contribution >= 0.6 is 0 Å². The van der Waals surface area contributed by atoms with Crippen LogP contribution in [0.4, 0.5) is 18.9 Å². The van der Waals surface area contributed by atoms with Gasteiger partial charge in [0.25, 0.3) is 0 Å². The number of hydrogen-bond acceptors (Lipinski definition) is 3. The Kier molecular flexibility index (Phi) is 5.43. The third-order valence-electron chi connectivity index (χ3n) is 1.73. The molecule has 1 aromatic rings. The molecule has 0 saturated carbocycles. The fourth-order valence-electron chi connectivity index (χ4n) is 0.856. The molecule has 98 valence electrons. The summed E-state index contributed by atoms with van der Waals surface area (Å²) in [7, 11) is -5.84. The van der Waals surface area contributed by atoms with Gasteiger partial charge in [0, 0.05) is 5.69 Å². The second kappa shape index (κ2) is 5.87. The largest absolute Gasteiger partial charge is 0.522 e. The van der Waals surface area contributed by atoms with Gasteiger partial charge < -0.3 is 5.73 Å². The van der Waals surface area contributed by atoms with Crippen molar-refractivity contribution < 1.29 is 26.1 Å². The summed E-state index contributed by atoms with van der Waals surface area (Å²) in [6.45, 7) is 2.10. The second-order valence-electron chi connectivity index (χ2n) is 2.97. The summed E-state index contributed by atoms with van der Waals surface area (Å²) in [5, 5.41) is 0. The van der Waals surface area contributed by atoms with Crippen molar-refractivity contribution in [1.29, 1.82) is 0 Å². The van der Waals surface area contributed by atoms with Gasteiger partial charge >= 0.3 is 15.6 Å². The first kappa shape index (κ1) is 15.7. The standard InChI is InChI=1S/C8H11N.CHF3O3S/c1-2-7-5-3-4-6-8(7)9;2-1(3,4)8(5,6)7/h3-6H,2,9H2,1H3;(H,5,6,7). The Hall–Kier alpha value is -1.28. The van der Waals surface area contributed by atoms with Crippen molar-refractivity contribution in [2.45, 2.75) is 18.9 Å². The maximum atomic E-state index is 10.7. The van der Waals surface area contributed by atoms with Crippen molar-refractivity contribution in [2.24, 2.45) is 0 Å². The fraction of sp³-hybridized carbons (Fsp3) is 0.333. The van der Waals surface area contributed by atoms with E-state index in [2.05, 4.69) is 13.0 Å². The van der Waals surface area contributed by atoms with Crippen LogP contribution in [0.3, 0.4) is 0 Å². The Bertz CT molecular complexity index is 457. The summed E-state index contributed by atoms with van der Waals surface area (Å²) in [6.07, 6.45) is 1.02. The van der Waals surface area contributed by atoms with E-state index < -0.39 is 15.6 Å². The molecule has 0 heterocycles. The minimum Gasteiger partial charge on any atom is -0.399 e. The minimum atomic E-state index is -5.84. The number of anilines is 1. The number of aryl methyl sites for hydroxylation is 1.